The Kier molecular flexibility index (Phi) is 7.54. The first-order chi connectivity index (χ1) is 9.72. The summed E-state index contributed by atoms with van der Waals surface area (Å²) in [5, 5.41) is 0. The number of nitrogens with zero attached hydrogens (tertiary/aromatic N) is 1. The number of hydrogen-bond donors (Lipinski definition) is 1. The van der Waals surface area contributed by atoms with E-state index in [0.717, 1.165) is 25.1 Å². The Morgan fingerprint density at radius 2 is 2.10 bits per heavy atom. The molecule has 0 radical (unpaired) electrons. The highest BCUT2D eigenvalue weighted by molar-refractivity contribution is 5.85. The van der Waals surface area contributed by atoms with Gasteiger partial charge in [0.2, 0.25) is 5.91 Å². The molecule has 1 heterocycles. The molecular weight excluding hydrogens is 288 g/mol. The van der Waals surface area contributed by atoms with Gasteiger partial charge in [0.1, 0.15) is 5.75 Å². The number of halogens is 1. The van der Waals surface area contributed by atoms with E-state index in [-0.39, 0.29) is 24.4 Å². The quantitative estimate of drug-likeness (QED) is 0.908. The summed E-state index contributed by atoms with van der Waals surface area (Å²) in [7, 11) is 0. The van der Waals surface area contributed by atoms with Crippen molar-refractivity contribution >= 4 is 18.3 Å². The van der Waals surface area contributed by atoms with Crippen LogP contribution in [-0.4, -0.2) is 36.5 Å². The van der Waals surface area contributed by atoms with Crippen LogP contribution in [-0.2, 0) is 4.79 Å². The molecule has 21 heavy (non-hydrogen) atoms. The fraction of sp³-hybridized carbons (Fsp3) is 0.562. The van der Waals surface area contributed by atoms with Crippen LogP contribution >= 0.6 is 12.4 Å². The van der Waals surface area contributed by atoms with Crippen LogP contribution in [0.1, 0.15) is 26.2 Å². The van der Waals surface area contributed by atoms with E-state index in [1.165, 1.54) is 0 Å². The van der Waals surface area contributed by atoms with Crippen molar-refractivity contribution < 1.29 is 9.53 Å². The highest BCUT2D eigenvalue weighted by Gasteiger charge is 2.30. The number of carbonyl (C=O) groups excluding carboxylic acids is 1. The van der Waals surface area contributed by atoms with Gasteiger partial charge in [-0.05, 0) is 30.9 Å². The molecule has 0 aromatic heterocycles. The third-order valence-electron chi connectivity index (χ3n) is 4.01. The summed E-state index contributed by atoms with van der Waals surface area (Å²) in [6, 6.07) is 9.78. The van der Waals surface area contributed by atoms with E-state index in [0.29, 0.717) is 25.5 Å². The number of benzene rings is 1. The molecule has 1 fully saturated rings. The number of para-hydroxylation sites is 1. The highest BCUT2D eigenvalue weighted by Crippen LogP contribution is 2.23. The number of rotatable bonds is 5. The molecule has 0 bridgehead atoms. The van der Waals surface area contributed by atoms with Gasteiger partial charge in [0, 0.05) is 19.1 Å². The van der Waals surface area contributed by atoms with Crippen molar-refractivity contribution in [1.82, 2.24) is 4.90 Å². The smallest absolute Gasteiger partial charge is 0.226 e. The SMILES string of the molecule is CC1CCCN(C(=O)CCOc2ccccc2)C1CN.Cl. The summed E-state index contributed by atoms with van der Waals surface area (Å²) in [5.41, 5.74) is 5.82. The van der Waals surface area contributed by atoms with Crippen LogP contribution in [0.15, 0.2) is 30.3 Å². The predicted molar refractivity (Wildman–Crippen MR) is 86.8 cm³/mol. The van der Waals surface area contributed by atoms with Crippen molar-refractivity contribution in [3.8, 4) is 5.75 Å². The Hall–Kier alpha value is -1.26. The Morgan fingerprint density at radius 1 is 1.38 bits per heavy atom. The largest absolute Gasteiger partial charge is 0.493 e. The average Bonchev–Trinajstić information content (AvgIpc) is 2.48. The second-order valence-corrected chi connectivity index (χ2v) is 5.42. The van der Waals surface area contributed by atoms with Gasteiger partial charge >= 0.3 is 0 Å². The molecule has 4 nitrogen and oxygen atoms in total. The fourth-order valence-corrected chi connectivity index (χ4v) is 2.83. The molecule has 0 aliphatic carbocycles. The Bertz CT molecular complexity index is 428. The molecule has 0 saturated carbocycles. The van der Waals surface area contributed by atoms with Crippen molar-refractivity contribution in [1.29, 1.82) is 0 Å². The van der Waals surface area contributed by atoms with Gasteiger partial charge < -0.3 is 15.4 Å². The van der Waals surface area contributed by atoms with Crippen molar-refractivity contribution in [3.63, 3.8) is 0 Å². The van der Waals surface area contributed by atoms with E-state index in [4.69, 9.17) is 10.5 Å². The molecule has 2 N–H and O–H groups in total. The van der Waals surface area contributed by atoms with Gasteiger partial charge in [-0.3, -0.25) is 4.79 Å². The molecule has 1 aliphatic rings. The number of ether oxygens (including phenoxy) is 1. The molecule has 1 aliphatic heterocycles. The Labute approximate surface area is 133 Å². The van der Waals surface area contributed by atoms with Crippen molar-refractivity contribution in [2.24, 2.45) is 11.7 Å². The number of amides is 1. The molecule has 118 valence electrons. The summed E-state index contributed by atoms with van der Waals surface area (Å²) in [4.78, 5) is 14.2. The lowest BCUT2D eigenvalue weighted by molar-refractivity contribution is -0.136. The van der Waals surface area contributed by atoms with Gasteiger partial charge in [-0.2, -0.15) is 0 Å². The number of likely N-dealkylation sites (tertiary alicyclic amines) is 1. The lowest BCUT2D eigenvalue weighted by Gasteiger charge is -2.39. The monoisotopic (exact) mass is 312 g/mol. The van der Waals surface area contributed by atoms with Crippen LogP contribution in [0.3, 0.4) is 0 Å². The van der Waals surface area contributed by atoms with Crippen molar-refractivity contribution in [3.05, 3.63) is 30.3 Å². The van der Waals surface area contributed by atoms with E-state index in [9.17, 15) is 4.79 Å². The molecule has 1 aromatic rings. The van der Waals surface area contributed by atoms with Gasteiger partial charge in [-0.25, -0.2) is 0 Å². The van der Waals surface area contributed by atoms with E-state index >= 15 is 0 Å². The summed E-state index contributed by atoms with van der Waals surface area (Å²) in [6.07, 6.45) is 2.65. The third kappa shape index (κ3) is 4.90. The molecule has 2 unspecified atom stereocenters. The molecule has 1 amide bonds. The van der Waals surface area contributed by atoms with Gasteiger partial charge in [-0.15, -0.1) is 12.4 Å². The molecule has 1 aromatic carbocycles. The predicted octanol–water partition coefficient (Wildman–Crippen LogP) is 2.46. The van der Waals surface area contributed by atoms with Crippen LogP contribution in [0.25, 0.3) is 0 Å². The van der Waals surface area contributed by atoms with Crippen LogP contribution in [0.5, 0.6) is 5.75 Å². The molecule has 0 spiro atoms. The standard InChI is InChI=1S/C16H24N2O2.ClH/c1-13-6-5-10-18(15(13)12-17)16(19)9-11-20-14-7-3-2-4-8-14;/h2-4,7-8,13,15H,5-6,9-12,17H2,1H3;1H. The van der Waals surface area contributed by atoms with Crippen molar-refractivity contribution in [2.45, 2.75) is 32.2 Å². The summed E-state index contributed by atoms with van der Waals surface area (Å²) < 4.78 is 5.58. The maximum Gasteiger partial charge on any atom is 0.226 e. The first-order valence-corrected chi connectivity index (χ1v) is 7.39. The molecule has 1 saturated heterocycles. The topological polar surface area (TPSA) is 55.6 Å². The summed E-state index contributed by atoms with van der Waals surface area (Å²) >= 11 is 0. The minimum atomic E-state index is 0. The second-order valence-electron chi connectivity index (χ2n) is 5.42. The van der Waals surface area contributed by atoms with E-state index in [1.54, 1.807) is 0 Å². The van der Waals surface area contributed by atoms with E-state index in [1.807, 2.05) is 35.2 Å². The van der Waals surface area contributed by atoms with Crippen LogP contribution in [0.4, 0.5) is 0 Å². The first-order valence-electron chi connectivity index (χ1n) is 7.39. The molecule has 5 heteroatoms. The summed E-state index contributed by atoms with van der Waals surface area (Å²) in [6.45, 7) is 3.98. The minimum Gasteiger partial charge on any atom is -0.493 e. The number of hydrogen-bond acceptors (Lipinski definition) is 3. The first kappa shape index (κ1) is 17.8. The lowest BCUT2D eigenvalue weighted by Crippen LogP contribution is -2.51. The Balaban J connectivity index is 0.00000220. The second kappa shape index (κ2) is 8.90. The zero-order chi connectivity index (χ0) is 14.4. The average molecular weight is 313 g/mol. The van der Waals surface area contributed by atoms with Crippen LogP contribution in [0.2, 0.25) is 0 Å². The third-order valence-corrected chi connectivity index (χ3v) is 4.01. The van der Waals surface area contributed by atoms with Gasteiger partial charge in [0.15, 0.2) is 0 Å². The van der Waals surface area contributed by atoms with Crippen molar-refractivity contribution in [2.75, 3.05) is 19.7 Å². The highest BCUT2D eigenvalue weighted by atomic mass is 35.5. The number of carbonyl (C=O) groups is 1. The maximum atomic E-state index is 12.3. The fourth-order valence-electron chi connectivity index (χ4n) is 2.83. The minimum absolute atomic E-state index is 0. The van der Waals surface area contributed by atoms with Gasteiger partial charge in [0.25, 0.3) is 0 Å². The zero-order valence-electron chi connectivity index (χ0n) is 12.5. The van der Waals surface area contributed by atoms with E-state index in [2.05, 4.69) is 6.92 Å². The van der Waals surface area contributed by atoms with Crippen LogP contribution < -0.4 is 10.5 Å². The maximum absolute atomic E-state index is 12.3. The number of nitrogens with two attached hydrogens (primary N) is 1. The molecule has 2 atom stereocenters. The van der Waals surface area contributed by atoms with Crippen LogP contribution in [0, 0.1) is 5.92 Å². The van der Waals surface area contributed by atoms with Gasteiger partial charge in [0.05, 0.1) is 13.0 Å². The number of piperidine rings is 1. The normalized spacial score (nSPS) is 21.5. The molecule has 2 rings (SSSR count). The Morgan fingerprint density at radius 3 is 2.76 bits per heavy atom. The molecular formula is C16H25ClN2O2. The lowest BCUT2D eigenvalue weighted by atomic mass is 9.90. The zero-order valence-corrected chi connectivity index (χ0v) is 13.3. The summed E-state index contributed by atoms with van der Waals surface area (Å²) in [5.74, 6) is 1.46. The van der Waals surface area contributed by atoms with E-state index < -0.39 is 0 Å². The van der Waals surface area contributed by atoms with Gasteiger partial charge in [-0.1, -0.05) is 25.1 Å².